The van der Waals surface area contributed by atoms with Crippen LogP contribution < -0.4 is 15.0 Å². The van der Waals surface area contributed by atoms with Gasteiger partial charge in [-0.3, -0.25) is 10.2 Å². The molecule has 5 heteroatoms. The van der Waals surface area contributed by atoms with Gasteiger partial charge in [0.05, 0.1) is 13.0 Å². The molecule has 1 fully saturated rings. The summed E-state index contributed by atoms with van der Waals surface area (Å²) in [6.45, 7) is 3.19. The minimum atomic E-state index is -0.912. The van der Waals surface area contributed by atoms with Crippen molar-refractivity contribution in [2.75, 3.05) is 30.9 Å². The number of benzene rings is 2. The van der Waals surface area contributed by atoms with Gasteiger partial charge in [0.25, 0.3) is 0 Å². The summed E-state index contributed by atoms with van der Waals surface area (Å²) < 4.78 is 44.2. The average Bonchev–Trinajstić information content (AvgIpc) is 3.13. The van der Waals surface area contributed by atoms with E-state index < -0.39 is 36.3 Å². The zero-order valence-electron chi connectivity index (χ0n) is 19.4. The summed E-state index contributed by atoms with van der Waals surface area (Å²) in [6, 6.07) is 2.94. The number of hydrogen-bond acceptors (Lipinski definition) is 4. The summed E-state index contributed by atoms with van der Waals surface area (Å²) in [6.07, 6.45) is 0.316. The zero-order valence-corrected chi connectivity index (χ0v) is 14.4. The van der Waals surface area contributed by atoms with Crippen LogP contribution >= 0.6 is 0 Å². The van der Waals surface area contributed by atoms with Gasteiger partial charge in [-0.1, -0.05) is 25.1 Å². The predicted molar refractivity (Wildman–Crippen MR) is 99.3 cm³/mol. The van der Waals surface area contributed by atoms with Crippen molar-refractivity contribution in [2.24, 2.45) is 0 Å². The Morgan fingerprint density at radius 1 is 1.32 bits per heavy atom. The van der Waals surface area contributed by atoms with Gasteiger partial charge in [0.15, 0.2) is 0 Å². The molecule has 2 aromatic carbocycles. The minimum absolute atomic E-state index is 0.0818. The third kappa shape index (κ3) is 2.55. The summed E-state index contributed by atoms with van der Waals surface area (Å²) in [7, 11) is 4.16. The van der Waals surface area contributed by atoms with Crippen molar-refractivity contribution >= 4 is 17.5 Å². The lowest BCUT2D eigenvalue weighted by Gasteiger charge is -2.32. The molecule has 0 radical (unpaired) electrons. The highest BCUT2D eigenvalue weighted by Gasteiger charge is 2.52. The molecule has 4 rings (SSSR count). The van der Waals surface area contributed by atoms with E-state index in [1.165, 1.54) is 0 Å². The topological polar surface area (TPSA) is 44.8 Å². The van der Waals surface area contributed by atoms with E-state index >= 15 is 0 Å². The molecule has 1 N–H and O–H groups in total. The lowest BCUT2D eigenvalue weighted by Crippen LogP contribution is -2.45. The molecule has 130 valence electrons. The minimum Gasteiger partial charge on any atom is -0.410 e. The number of carbonyl (C=O) groups excluding carboxylic acids is 1. The van der Waals surface area contributed by atoms with Crippen molar-refractivity contribution in [3.8, 4) is 5.75 Å². The second-order valence-electron chi connectivity index (χ2n) is 6.83. The van der Waals surface area contributed by atoms with Crippen molar-refractivity contribution in [1.82, 2.24) is 4.90 Å². The number of carbonyl (C=O) groups is 1. The lowest BCUT2D eigenvalue weighted by molar-refractivity contribution is 0.215. The molecule has 0 aliphatic carbocycles. The largest absolute Gasteiger partial charge is 0.417 e. The number of para-hydroxylation sites is 1. The molecule has 1 amide bonds. The second-order valence-corrected chi connectivity index (χ2v) is 6.83. The van der Waals surface area contributed by atoms with Gasteiger partial charge in [-0.2, -0.15) is 0 Å². The Hall–Kier alpha value is -2.53. The predicted octanol–water partition coefficient (Wildman–Crippen LogP) is 3.67. The highest BCUT2D eigenvalue weighted by Crippen LogP contribution is 2.51. The first-order valence-corrected chi connectivity index (χ1v) is 8.19. The molecular weight excluding hydrogens is 314 g/mol. The number of fused-ring (bicyclic) bond motifs is 3. The molecule has 25 heavy (non-hydrogen) atoms. The highest BCUT2D eigenvalue weighted by molar-refractivity contribution is 5.86. The Labute approximate surface area is 155 Å². The van der Waals surface area contributed by atoms with Crippen LogP contribution in [0.2, 0.25) is 0 Å². The molecule has 5 nitrogen and oxygen atoms in total. The van der Waals surface area contributed by atoms with Crippen molar-refractivity contribution in [3.63, 3.8) is 0 Å². The number of hydrogen-bond donors (Lipinski definition) is 1. The average molecular weight is 342 g/mol. The first-order valence-electron chi connectivity index (χ1n) is 10.7. The molecule has 1 saturated heterocycles. The number of anilines is 2. The van der Waals surface area contributed by atoms with Crippen molar-refractivity contribution in [1.29, 1.82) is 0 Å². The smallest absolute Gasteiger partial charge is 0.410 e. The maximum atomic E-state index is 12.4. The number of likely N-dealkylation sites (tertiary alicyclic amines) is 1. The first-order chi connectivity index (χ1) is 14.1. The van der Waals surface area contributed by atoms with Gasteiger partial charge in [-0.05, 0) is 49.3 Å². The molecule has 0 saturated carbocycles. The Kier molecular flexibility index (Phi) is 2.58. The van der Waals surface area contributed by atoms with Gasteiger partial charge >= 0.3 is 6.09 Å². The van der Waals surface area contributed by atoms with E-state index in [1.807, 2.05) is 12.1 Å². The number of likely N-dealkylation sites (N-methyl/N-ethyl adjacent to an activating group) is 2. The van der Waals surface area contributed by atoms with Gasteiger partial charge in [0.1, 0.15) is 5.75 Å². The van der Waals surface area contributed by atoms with Crippen molar-refractivity contribution in [3.05, 3.63) is 54.0 Å². The van der Waals surface area contributed by atoms with Crippen molar-refractivity contribution in [2.45, 2.75) is 24.9 Å². The highest BCUT2D eigenvalue weighted by atomic mass is 16.6. The molecule has 2 aromatic rings. The number of ether oxygens (including phenoxy) is 1. The summed E-state index contributed by atoms with van der Waals surface area (Å²) in [4.78, 5) is 17.0. The Bertz CT molecular complexity index is 1030. The van der Waals surface area contributed by atoms with Crippen LogP contribution in [0.3, 0.4) is 0 Å². The SMILES string of the molecule is [2H]c1c([2H])c([2H])c(NC(=O)Oc2ccc3c(c2)[C@]2(C)CCN(C)[C@@H]2N3C)c([2H])c1[2H]. The number of rotatable bonds is 2. The van der Waals surface area contributed by atoms with Gasteiger partial charge in [0.2, 0.25) is 0 Å². The van der Waals surface area contributed by atoms with Crippen LogP contribution in [0.4, 0.5) is 16.2 Å². The normalized spacial score (nSPS) is 27.6. The van der Waals surface area contributed by atoms with E-state index in [4.69, 9.17) is 11.6 Å². The van der Waals surface area contributed by atoms with Crippen LogP contribution in [0, 0.1) is 0 Å². The molecule has 2 atom stereocenters. The Balaban J connectivity index is 1.59. The standard InChI is InChI=1S/C20H23N3O2/c1-20-11-12-22(2)18(20)23(3)17-10-9-15(13-16(17)20)25-19(24)21-14-7-5-4-6-8-14/h4-10,13,18H,11-12H2,1-3H3,(H,21,24)/t18-,20+/m1/s1/i4D,5D,6D,7D,8D. The van der Waals surface area contributed by atoms with E-state index in [0.29, 0.717) is 5.75 Å². The third-order valence-corrected chi connectivity index (χ3v) is 5.24. The van der Waals surface area contributed by atoms with Gasteiger partial charge in [-0.15, -0.1) is 0 Å². The molecule has 2 aliphatic rings. The van der Waals surface area contributed by atoms with E-state index in [0.717, 1.165) is 24.2 Å². The fourth-order valence-electron chi connectivity index (χ4n) is 4.17. The Morgan fingerprint density at radius 3 is 2.84 bits per heavy atom. The lowest BCUT2D eigenvalue weighted by atomic mass is 9.81. The fraction of sp³-hybridized carbons (Fsp3) is 0.350. The van der Waals surface area contributed by atoms with E-state index in [2.05, 4.69) is 36.1 Å². The number of nitrogens with one attached hydrogen (secondary N) is 1. The summed E-state index contributed by atoms with van der Waals surface area (Å²) in [5, 5.41) is 2.30. The monoisotopic (exact) mass is 342 g/mol. The van der Waals surface area contributed by atoms with Crippen LogP contribution in [-0.4, -0.2) is 37.8 Å². The maximum absolute atomic E-state index is 12.4. The number of nitrogens with zero attached hydrogens (tertiary/aromatic N) is 2. The molecular formula is C20H23N3O2. The molecule has 0 aromatic heterocycles. The van der Waals surface area contributed by atoms with Crippen LogP contribution in [-0.2, 0) is 5.41 Å². The molecule has 2 heterocycles. The molecule has 0 unspecified atom stereocenters. The van der Waals surface area contributed by atoms with E-state index in [1.54, 1.807) is 6.07 Å². The third-order valence-electron chi connectivity index (χ3n) is 5.24. The quantitative estimate of drug-likeness (QED) is 0.904. The Morgan fingerprint density at radius 2 is 2.08 bits per heavy atom. The van der Waals surface area contributed by atoms with Crippen LogP contribution in [0.15, 0.2) is 48.4 Å². The molecule has 0 spiro atoms. The van der Waals surface area contributed by atoms with Gasteiger partial charge in [-0.25, -0.2) is 4.79 Å². The fourth-order valence-corrected chi connectivity index (χ4v) is 4.17. The van der Waals surface area contributed by atoms with Crippen LogP contribution in [0.1, 0.15) is 25.8 Å². The maximum Gasteiger partial charge on any atom is 0.417 e. The molecule has 2 aliphatic heterocycles. The summed E-state index contributed by atoms with van der Waals surface area (Å²) >= 11 is 0. The van der Waals surface area contributed by atoms with Crippen molar-refractivity contribution < 1.29 is 16.4 Å². The summed E-state index contributed by atoms with van der Waals surface area (Å²) in [5.74, 6) is 0.337. The molecule has 0 bridgehead atoms. The van der Waals surface area contributed by atoms with Gasteiger partial charge < -0.3 is 9.64 Å². The number of amides is 1. The van der Waals surface area contributed by atoms with E-state index in [-0.39, 0.29) is 17.3 Å². The zero-order chi connectivity index (χ0) is 22.0. The summed E-state index contributed by atoms with van der Waals surface area (Å²) in [5.41, 5.74) is 1.80. The van der Waals surface area contributed by atoms with E-state index in [9.17, 15) is 4.79 Å². The first kappa shape index (κ1) is 11.2. The second kappa shape index (κ2) is 5.77. The van der Waals surface area contributed by atoms with Gasteiger partial charge in [0, 0.05) is 30.4 Å². The van der Waals surface area contributed by atoms with Crippen LogP contribution in [0.25, 0.3) is 0 Å². The van der Waals surface area contributed by atoms with Crippen LogP contribution in [0.5, 0.6) is 5.75 Å².